The zero-order valence-electron chi connectivity index (χ0n) is 9.54. The first-order valence-electron chi connectivity index (χ1n) is 4.64. The molecule has 2 nitrogen and oxygen atoms in total. The summed E-state index contributed by atoms with van der Waals surface area (Å²) in [6, 6.07) is 0. The van der Waals surface area contributed by atoms with Gasteiger partial charge in [-0.3, -0.25) is 0 Å². The van der Waals surface area contributed by atoms with Gasteiger partial charge in [-0.1, -0.05) is 13.5 Å². The number of aliphatic carboxylic acids is 1. The van der Waals surface area contributed by atoms with Gasteiger partial charge in [0.15, 0.2) is 0 Å². The first-order chi connectivity index (χ1) is 8.51. The van der Waals surface area contributed by atoms with Crippen molar-refractivity contribution in [2.45, 2.75) is 30.9 Å². The van der Waals surface area contributed by atoms with Gasteiger partial charge in [0.2, 0.25) is 0 Å². The fraction of sp³-hybridized carbons (Fsp3) is 0.667. The van der Waals surface area contributed by atoms with E-state index in [1.54, 1.807) is 0 Å². The standard InChI is InChI=1S/C9H7F9O2/c1-3(5(19)20)4(2)6(10,11)7(12,13)8(14,15)9(16,17)18/h4H,1H2,2H3,(H,19,20). The van der Waals surface area contributed by atoms with E-state index >= 15 is 0 Å². The molecule has 0 aromatic rings. The summed E-state index contributed by atoms with van der Waals surface area (Å²) in [6.45, 7) is 2.49. The van der Waals surface area contributed by atoms with E-state index in [-0.39, 0.29) is 6.92 Å². The molecule has 0 bridgehead atoms. The summed E-state index contributed by atoms with van der Waals surface area (Å²) in [6.07, 6.45) is -6.94. The molecule has 0 aliphatic carbocycles. The van der Waals surface area contributed by atoms with Gasteiger partial charge < -0.3 is 5.11 Å². The first kappa shape index (κ1) is 18.6. The summed E-state index contributed by atoms with van der Waals surface area (Å²) in [4.78, 5) is 10.3. The van der Waals surface area contributed by atoms with Crippen LogP contribution in [-0.4, -0.2) is 35.0 Å². The Kier molecular flexibility index (Phi) is 4.50. The summed E-state index contributed by atoms with van der Waals surface area (Å²) in [5.74, 6) is -25.3. The van der Waals surface area contributed by atoms with Crippen LogP contribution in [0.15, 0.2) is 12.2 Å². The maximum atomic E-state index is 13.2. The van der Waals surface area contributed by atoms with Crippen molar-refractivity contribution in [2.75, 3.05) is 0 Å². The van der Waals surface area contributed by atoms with Gasteiger partial charge in [0.25, 0.3) is 0 Å². The van der Waals surface area contributed by atoms with Gasteiger partial charge in [0.05, 0.1) is 5.92 Å². The number of carboxylic acids is 1. The van der Waals surface area contributed by atoms with E-state index in [4.69, 9.17) is 5.11 Å². The maximum Gasteiger partial charge on any atom is 0.460 e. The Morgan fingerprint density at radius 2 is 1.30 bits per heavy atom. The molecule has 0 amide bonds. The van der Waals surface area contributed by atoms with Crippen LogP contribution in [0.5, 0.6) is 0 Å². The number of carbonyl (C=O) groups is 1. The lowest BCUT2D eigenvalue weighted by Crippen LogP contribution is -2.63. The van der Waals surface area contributed by atoms with E-state index in [0.29, 0.717) is 0 Å². The van der Waals surface area contributed by atoms with Gasteiger partial charge in [-0.05, 0) is 0 Å². The third kappa shape index (κ3) is 2.57. The van der Waals surface area contributed by atoms with E-state index in [1.807, 2.05) is 0 Å². The highest BCUT2D eigenvalue weighted by Gasteiger charge is 2.82. The van der Waals surface area contributed by atoms with Gasteiger partial charge in [-0.2, -0.15) is 39.5 Å². The van der Waals surface area contributed by atoms with Crippen LogP contribution in [0.25, 0.3) is 0 Å². The van der Waals surface area contributed by atoms with Gasteiger partial charge in [-0.25, -0.2) is 4.79 Å². The molecule has 0 aliphatic rings. The number of hydrogen-bond donors (Lipinski definition) is 1. The molecule has 0 aromatic carbocycles. The number of rotatable bonds is 5. The number of alkyl halides is 9. The quantitative estimate of drug-likeness (QED) is 0.619. The van der Waals surface area contributed by atoms with Gasteiger partial charge in [0.1, 0.15) is 0 Å². The van der Waals surface area contributed by atoms with Crippen molar-refractivity contribution in [3.63, 3.8) is 0 Å². The lowest BCUT2D eigenvalue weighted by molar-refractivity contribution is -0.400. The minimum absolute atomic E-state index is 0.0524. The van der Waals surface area contributed by atoms with Crippen molar-refractivity contribution in [1.29, 1.82) is 0 Å². The van der Waals surface area contributed by atoms with Crippen LogP contribution in [0.2, 0.25) is 0 Å². The average molecular weight is 318 g/mol. The van der Waals surface area contributed by atoms with Crippen LogP contribution < -0.4 is 0 Å². The van der Waals surface area contributed by atoms with E-state index in [2.05, 4.69) is 6.58 Å². The van der Waals surface area contributed by atoms with Crippen molar-refractivity contribution >= 4 is 5.97 Å². The predicted molar refractivity (Wildman–Crippen MR) is 46.8 cm³/mol. The van der Waals surface area contributed by atoms with Crippen LogP contribution in [0.4, 0.5) is 39.5 Å². The lowest BCUT2D eigenvalue weighted by atomic mass is 9.88. The van der Waals surface area contributed by atoms with Crippen LogP contribution in [0.1, 0.15) is 6.92 Å². The van der Waals surface area contributed by atoms with Crippen molar-refractivity contribution in [3.8, 4) is 0 Å². The molecule has 0 aromatic heterocycles. The molecular formula is C9H7F9O2. The number of hydrogen-bond acceptors (Lipinski definition) is 1. The second-order valence-electron chi connectivity index (χ2n) is 3.82. The smallest absolute Gasteiger partial charge is 0.460 e. The summed E-state index contributed by atoms with van der Waals surface area (Å²) in [7, 11) is 0. The molecule has 0 saturated heterocycles. The Labute approximate surface area is 105 Å². The fourth-order valence-corrected chi connectivity index (χ4v) is 1.06. The van der Waals surface area contributed by atoms with Gasteiger partial charge in [-0.15, -0.1) is 0 Å². The monoisotopic (exact) mass is 318 g/mol. The molecule has 11 heteroatoms. The highest BCUT2D eigenvalue weighted by atomic mass is 19.4. The molecule has 0 heterocycles. The summed E-state index contributed by atoms with van der Waals surface area (Å²) < 4.78 is 112. The molecule has 0 radical (unpaired) electrons. The third-order valence-corrected chi connectivity index (χ3v) is 2.51. The Morgan fingerprint density at radius 1 is 0.950 bits per heavy atom. The molecule has 1 N–H and O–H groups in total. The largest absolute Gasteiger partial charge is 0.478 e. The topological polar surface area (TPSA) is 37.3 Å². The molecule has 0 saturated carbocycles. The highest BCUT2D eigenvalue weighted by molar-refractivity contribution is 5.86. The van der Waals surface area contributed by atoms with E-state index in [9.17, 15) is 44.3 Å². The normalized spacial score (nSPS) is 15.9. The van der Waals surface area contributed by atoms with Crippen LogP contribution >= 0.6 is 0 Å². The van der Waals surface area contributed by atoms with E-state index < -0.39 is 41.4 Å². The Morgan fingerprint density at radius 3 is 1.55 bits per heavy atom. The number of carboxylic acid groups (broad SMARTS) is 1. The zero-order valence-corrected chi connectivity index (χ0v) is 9.54. The van der Waals surface area contributed by atoms with E-state index in [0.717, 1.165) is 0 Å². The first-order valence-corrected chi connectivity index (χ1v) is 4.64. The van der Waals surface area contributed by atoms with Gasteiger partial charge >= 0.3 is 29.9 Å². The summed E-state index contributed by atoms with van der Waals surface area (Å²) in [5.41, 5.74) is -1.63. The highest BCUT2D eigenvalue weighted by Crippen LogP contribution is 2.55. The molecule has 0 fully saturated rings. The molecule has 118 valence electrons. The molecule has 20 heavy (non-hydrogen) atoms. The molecule has 1 unspecified atom stereocenters. The second-order valence-corrected chi connectivity index (χ2v) is 3.82. The summed E-state index contributed by atoms with van der Waals surface area (Å²) in [5, 5.41) is 8.26. The van der Waals surface area contributed by atoms with Crippen molar-refractivity contribution in [3.05, 3.63) is 12.2 Å². The van der Waals surface area contributed by atoms with Crippen LogP contribution in [0, 0.1) is 5.92 Å². The van der Waals surface area contributed by atoms with Crippen LogP contribution in [0.3, 0.4) is 0 Å². The molecule has 0 rings (SSSR count). The SMILES string of the molecule is C=C(C(=O)O)C(C)C(F)(F)C(F)(F)C(F)(F)C(F)(F)F. The average Bonchev–Trinajstić information content (AvgIpc) is 2.24. The molecule has 1 atom stereocenters. The molecule has 0 aliphatic heterocycles. The predicted octanol–water partition coefficient (Wildman–Crippen LogP) is 3.73. The van der Waals surface area contributed by atoms with Crippen LogP contribution in [-0.2, 0) is 4.79 Å². The Bertz CT molecular complexity index is 410. The van der Waals surface area contributed by atoms with Crippen molar-refractivity contribution < 1.29 is 49.4 Å². The minimum Gasteiger partial charge on any atom is -0.478 e. The summed E-state index contributed by atoms with van der Waals surface area (Å²) >= 11 is 0. The van der Waals surface area contributed by atoms with E-state index in [1.165, 1.54) is 0 Å². The lowest BCUT2D eigenvalue weighted by Gasteiger charge is -2.36. The fourth-order valence-electron chi connectivity index (χ4n) is 1.06. The molecular weight excluding hydrogens is 311 g/mol. The Balaban J connectivity index is 5.81. The zero-order chi connectivity index (χ0) is 16.7. The van der Waals surface area contributed by atoms with Crippen molar-refractivity contribution in [1.82, 2.24) is 0 Å². The molecule has 0 spiro atoms. The third-order valence-electron chi connectivity index (χ3n) is 2.51. The minimum atomic E-state index is -7.05. The van der Waals surface area contributed by atoms with Gasteiger partial charge in [0, 0.05) is 5.57 Å². The second kappa shape index (κ2) is 4.85. The number of halogens is 9. The Hall–Kier alpha value is -1.42. The maximum absolute atomic E-state index is 13.2. The van der Waals surface area contributed by atoms with Crippen molar-refractivity contribution in [2.24, 2.45) is 5.92 Å².